The molecule has 3 heterocycles. The number of aromatic amines is 1. The number of methoxy groups -OCH3 is 2. The van der Waals surface area contributed by atoms with Crippen LogP contribution in [0.25, 0.3) is 21.8 Å². The van der Waals surface area contributed by atoms with E-state index in [1.165, 1.54) is 11.3 Å². The van der Waals surface area contributed by atoms with Gasteiger partial charge in [-0.15, -0.1) is 11.3 Å². The highest BCUT2D eigenvalue weighted by molar-refractivity contribution is 7.14. The Kier molecular flexibility index (Phi) is 4.91. The second kappa shape index (κ2) is 7.50. The van der Waals surface area contributed by atoms with Crippen molar-refractivity contribution in [2.45, 2.75) is 6.42 Å². The van der Waals surface area contributed by atoms with E-state index in [-0.39, 0.29) is 6.61 Å². The molecule has 0 fully saturated rings. The van der Waals surface area contributed by atoms with Gasteiger partial charge >= 0.3 is 0 Å². The van der Waals surface area contributed by atoms with Gasteiger partial charge in [-0.2, -0.15) is 0 Å². The van der Waals surface area contributed by atoms with Crippen molar-refractivity contribution in [1.82, 2.24) is 9.97 Å². The largest absolute Gasteiger partial charge is 0.497 e. The molecule has 2 aromatic heterocycles. The Hall–Kier alpha value is -2.71. The monoisotopic (exact) mass is 388 g/mol. The van der Waals surface area contributed by atoms with Gasteiger partial charge in [0, 0.05) is 23.4 Å². The van der Waals surface area contributed by atoms with Crippen molar-refractivity contribution in [3.8, 4) is 44.8 Å². The Balaban J connectivity index is 1.87. The van der Waals surface area contributed by atoms with E-state index in [4.69, 9.17) is 23.9 Å². The van der Waals surface area contributed by atoms with Gasteiger partial charge in [0.1, 0.15) is 30.5 Å². The number of nitrogens with one attached hydrogen (secondary N) is 1. The lowest BCUT2D eigenvalue weighted by Gasteiger charge is -2.16. The Morgan fingerprint density at radius 2 is 1.89 bits per heavy atom. The predicted octanol–water partition coefficient (Wildman–Crippen LogP) is 3.13. The molecule has 8 heteroatoms. The lowest BCUT2D eigenvalue weighted by atomic mass is 10.1. The number of aliphatic hydroxyl groups is 1. The number of hydrogen-bond donors (Lipinski definition) is 2. The number of aromatic nitrogens is 2. The van der Waals surface area contributed by atoms with Crippen LogP contribution in [0.15, 0.2) is 23.6 Å². The third-order valence-electron chi connectivity index (χ3n) is 4.25. The Bertz CT molecular complexity index is 927. The second-order valence-electron chi connectivity index (χ2n) is 5.94. The van der Waals surface area contributed by atoms with Gasteiger partial charge in [-0.3, -0.25) is 0 Å². The van der Waals surface area contributed by atoms with E-state index in [1.807, 2.05) is 23.6 Å². The number of imidazole rings is 1. The highest BCUT2D eigenvalue weighted by Gasteiger charge is 2.25. The van der Waals surface area contributed by atoms with Crippen LogP contribution in [0.4, 0.5) is 0 Å². The van der Waals surface area contributed by atoms with Gasteiger partial charge in [-0.1, -0.05) is 0 Å². The molecule has 7 nitrogen and oxygen atoms in total. The highest BCUT2D eigenvalue weighted by atomic mass is 32.1. The first-order valence-electron chi connectivity index (χ1n) is 8.54. The summed E-state index contributed by atoms with van der Waals surface area (Å²) < 4.78 is 22.3. The molecule has 0 unspecified atom stereocenters. The summed E-state index contributed by atoms with van der Waals surface area (Å²) in [5.74, 6) is 3.52. The average molecular weight is 388 g/mol. The van der Waals surface area contributed by atoms with Crippen molar-refractivity contribution in [3.63, 3.8) is 0 Å². The minimum Gasteiger partial charge on any atom is -0.497 e. The lowest BCUT2D eigenvalue weighted by molar-refractivity contribution is 0.174. The second-order valence-corrected chi connectivity index (χ2v) is 6.82. The molecule has 27 heavy (non-hydrogen) atoms. The zero-order valence-corrected chi connectivity index (χ0v) is 15.9. The molecule has 0 amide bonds. The van der Waals surface area contributed by atoms with Crippen LogP contribution in [0, 0.1) is 0 Å². The number of fused-ring (bicyclic) bond motifs is 1. The van der Waals surface area contributed by atoms with Crippen LogP contribution in [0.2, 0.25) is 0 Å². The molecule has 0 bridgehead atoms. The molecule has 1 aliphatic heterocycles. The molecule has 0 radical (unpaired) electrons. The number of nitrogens with zero attached hydrogens (tertiary/aromatic N) is 1. The number of benzene rings is 1. The third kappa shape index (κ3) is 3.33. The molecule has 0 saturated heterocycles. The standard InChI is InChI=1S/C19H20N2O5S/c1-23-12-7-11(8-13(9-12)24-2)16-17(21-15(20-16)3-4-22)19-18-14(10-27-19)25-5-6-26-18/h7-10,22H,3-6H2,1-2H3,(H,20,21). The molecule has 0 saturated carbocycles. The maximum absolute atomic E-state index is 9.34. The summed E-state index contributed by atoms with van der Waals surface area (Å²) in [7, 11) is 3.23. The van der Waals surface area contributed by atoms with E-state index < -0.39 is 0 Å². The minimum atomic E-state index is 0.00990. The van der Waals surface area contributed by atoms with E-state index in [2.05, 4.69) is 4.98 Å². The lowest BCUT2D eigenvalue weighted by Crippen LogP contribution is -2.14. The van der Waals surface area contributed by atoms with Crippen molar-refractivity contribution in [2.24, 2.45) is 0 Å². The van der Waals surface area contributed by atoms with Crippen molar-refractivity contribution in [2.75, 3.05) is 34.0 Å². The molecule has 1 aromatic carbocycles. The summed E-state index contributed by atoms with van der Waals surface area (Å²) in [6.07, 6.45) is 0.430. The van der Waals surface area contributed by atoms with Crippen LogP contribution in [0.5, 0.6) is 23.0 Å². The molecule has 3 aromatic rings. The summed E-state index contributed by atoms with van der Waals surface area (Å²) in [6, 6.07) is 5.62. The number of rotatable bonds is 6. The van der Waals surface area contributed by atoms with Crippen molar-refractivity contribution in [3.05, 3.63) is 29.4 Å². The number of aliphatic hydroxyl groups excluding tert-OH is 1. The van der Waals surface area contributed by atoms with E-state index in [9.17, 15) is 5.11 Å². The fourth-order valence-corrected chi connectivity index (χ4v) is 3.93. The molecular weight excluding hydrogens is 368 g/mol. The molecule has 142 valence electrons. The van der Waals surface area contributed by atoms with Crippen LogP contribution < -0.4 is 18.9 Å². The Morgan fingerprint density at radius 3 is 2.59 bits per heavy atom. The average Bonchev–Trinajstić information content (AvgIpc) is 3.31. The molecule has 0 atom stereocenters. The summed E-state index contributed by atoms with van der Waals surface area (Å²) in [5.41, 5.74) is 2.42. The number of hydrogen-bond acceptors (Lipinski definition) is 7. The fraction of sp³-hybridized carbons (Fsp3) is 0.316. The van der Waals surface area contributed by atoms with Gasteiger partial charge in [0.2, 0.25) is 0 Å². The van der Waals surface area contributed by atoms with E-state index >= 15 is 0 Å². The van der Waals surface area contributed by atoms with Crippen molar-refractivity contribution >= 4 is 11.3 Å². The van der Waals surface area contributed by atoms with Crippen LogP contribution in [0.3, 0.4) is 0 Å². The molecular formula is C19H20N2O5S. The number of ether oxygens (including phenoxy) is 4. The van der Waals surface area contributed by atoms with E-state index in [1.54, 1.807) is 14.2 Å². The minimum absolute atomic E-state index is 0.00990. The summed E-state index contributed by atoms with van der Waals surface area (Å²) >= 11 is 1.53. The summed E-state index contributed by atoms with van der Waals surface area (Å²) in [4.78, 5) is 8.96. The van der Waals surface area contributed by atoms with Gasteiger partial charge in [-0.25, -0.2) is 4.98 Å². The number of thiophene rings is 1. The molecule has 1 aliphatic rings. The Morgan fingerprint density at radius 1 is 1.15 bits per heavy atom. The molecule has 2 N–H and O–H groups in total. The predicted molar refractivity (Wildman–Crippen MR) is 102 cm³/mol. The zero-order chi connectivity index (χ0) is 18.8. The zero-order valence-electron chi connectivity index (χ0n) is 15.1. The highest BCUT2D eigenvalue weighted by Crippen LogP contribution is 2.47. The van der Waals surface area contributed by atoms with Crippen molar-refractivity contribution in [1.29, 1.82) is 0 Å². The first-order chi connectivity index (χ1) is 13.2. The van der Waals surface area contributed by atoms with Gasteiger partial charge in [0.05, 0.1) is 37.1 Å². The maximum atomic E-state index is 9.34. The molecule has 0 spiro atoms. The van der Waals surface area contributed by atoms with Crippen LogP contribution in [-0.4, -0.2) is 49.1 Å². The van der Waals surface area contributed by atoms with Crippen LogP contribution >= 0.6 is 11.3 Å². The molecule has 4 rings (SSSR count). The SMILES string of the molecule is COc1cc(OC)cc(-c2nc(CCO)[nH]c2-c2scc3c2OCCO3)c1. The van der Waals surface area contributed by atoms with Crippen LogP contribution in [0.1, 0.15) is 5.82 Å². The van der Waals surface area contributed by atoms with Gasteiger partial charge in [0.15, 0.2) is 11.5 Å². The van der Waals surface area contributed by atoms with Crippen LogP contribution in [-0.2, 0) is 6.42 Å². The van der Waals surface area contributed by atoms with Gasteiger partial charge in [0.25, 0.3) is 0 Å². The van der Waals surface area contributed by atoms with Gasteiger partial charge in [-0.05, 0) is 12.1 Å². The third-order valence-corrected chi connectivity index (χ3v) is 5.21. The number of H-pyrrole nitrogens is 1. The quantitative estimate of drug-likeness (QED) is 0.675. The van der Waals surface area contributed by atoms with E-state index in [0.717, 1.165) is 33.3 Å². The topological polar surface area (TPSA) is 85.8 Å². The van der Waals surface area contributed by atoms with E-state index in [0.29, 0.717) is 37.0 Å². The Labute approximate surface area is 160 Å². The first kappa shape index (κ1) is 17.7. The summed E-state index contributed by atoms with van der Waals surface area (Å²) in [5, 5.41) is 11.3. The molecule has 0 aliphatic carbocycles. The smallest absolute Gasteiger partial charge is 0.181 e. The fourth-order valence-electron chi connectivity index (χ4n) is 3.00. The maximum Gasteiger partial charge on any atom is 0.181 e. The van der Waals surface area contributed by atoms with Crippen molar-refractivity contribution < 1.29 is 24.1 Å². The normalized spacial score (nSPS) is 12.9. The first-order valence-corrected chi connectivity index (χ1v) is 9.42. The van der Waals surface area contributed by atoms with Gasteiger partial charge < -0.3 is 29.0 Å². The summed E-state index contributed by atoms with van der Waals surface area (Å²) in [6.45, 7) is 1.06.